The summed E-state index contributed by atoms with van der Waals surface area (Å²) < 4.78 is 30.3. The molecule has 2 heterocycles. The Morgan fingerprint density at radius 2 is 2.00 bits per heavy atom. The molecule has 2 aromatic heterocycles. The van der Waals surface area contributed by atoms with E-state index in [1.165, 1.54) is 0 Å². The largest absolute Gasteiger partial charge is 0.242 e. The zero-order valence-electron chi connectivity index (χ0n) is 12.2. The van der Waals surface area contributed by atoms with Gasteiger partial charge < -0.3 is 0 Å². The highest BCUT2D eigenvalue weighted by Gasteiger charge is 2.17. The fraction of sp³-hybridized carbons (Fsp3) is 0.0667. The predicted octanol–water partition coefficient (Wildman–Crippen LogP) is 3.27. The van der Waals surface area contributed by atoms with E-state index in [9.17, 15) is 8.42 Å². The van der Waals surface area contributed by atoms with Gasteiger partial charge >= 0.3 is 0 Å². The number of halogens is 2. The number of pyridine rings is 1. The van der Waals surface area contributed by atoms with Gasteiger partial charge in [-0.2, -0.15) is 5.10 Å². The van der Waals surface area contributed by atoms with E-state index in [0.717, 1.165) is 5.56 Å². The summed E-state index contributed by atoms with van der Waals surface area (Å²) in [7, 11) is -3.64. The van der Waals surface area contributed by atoms with E-state index in [1.807, 2.05) is 6.07 Å². The lowest BCUT2D eigenvalue weighted by molar-refractivity contribution is 0.580. The zero-order chi connectivity index (χ0) is 17.2. The van der Waals surface area contributed by atoms with Crippen LogP contribution in [0.15, 0.2) is 68.8 Å². The molecule has 1 N–H and O–H groups in total. The van der Waals surface area contributed by atoms with Crippen LogP contribution < -0.4 is 4.72 Å². The van der Waals surface area contributed by atoms with Crippen LogP contribution in [0.4, 0.5) is 0 Å². The number of hydrogen-bond donors (Lipinski definition) is 1. The average molecular weight is 472 g/mol. The fourth-order valence-corrected chi connectivity index (χ4v) is 4.52. The van der Waals surface area contributed by atoms with Gasteiger partial charge in [0.15, 0.2) is 5.82 Å². The second kappa shape index (κ2) is 7.14. The van der Waals surface area contributed by atoms with E-state index in [0.29, 0.717) is 14.8 Å². The molecule has 24 heavy (non-hydrogen) atoms. The minimum atomic E-state index is -3.64. The number of rotatable bonds is 5. The molecule has 1 aromatic carbocycles. The molecule has 0 saturated heterocycles. The van der Waals surface area contributed by atoms with E-state index >= 15 is 0 Å². The lowest BCUT2D eigenvalue weighted by atomic mass is 10.3. The second-order valence-corrected chi connectivity index (χ2v) is 8.38. The minimum Gasteiger partial charge on any atom is -0.237 e. The Labute approximate surface area is 156 Å². The van der Waals surface area contributed by atoms with Gasteiger partial charge in [-0.25, -0.2) is 22.8 Å². The van der Waals surface area contributed by atoms with Crippen molar-refractivity contribution >= 4 is 41.9 Å². The molecular formula is C15H12Br2N4O2S. The molecule has 0 aliphatic rings. The highest BCUT2D eigenvalue weighted by molar-refractivity contribution is 9.11. The molecule has 3 rings (SSSR count). The molecule has 6 nitrogen and oxygen atoms in total. The van der Waals surface area contributed by atoms with E-state index in [1.54, 1.807) is 53.6 Å². The number of nitrogens with one attached hydrogen (secondary N) is 1. The van der Waals surface area contributed by atoms with Crippen molar-refractivity contribution in [2.75, 3.05) is 0 Å². The third kappa shape index (κ3) is 3.92. The zero-order valence-corrected chi connectivity index (χ0v) is 16.2. The van der Waals surface area contributed by atoms with Crippen LogP contribution in [0, 0.1) is 0 Å². The lowest BCUT2D eigenvalue weighted by Gasteiger charge is -2.09. The summed E-state index contributed by atoms with van der Waals surface area (Å²) >= 11 is 6.54. The van der Waals surface area contributed by atoms with E-state index in [-0.39, 0.29) is 11.4 Å². The molecule has 0 saturated carbocycles. The average Bonchev–Trinajstić information content (AvgIpc) is 3.10. The van der Waals surface area contributed by atoms with Gasteiger partial charge in [0.05, 0.1) is 4.90 Å². The van der Waals surface area contributed by atoms with E-state index in [2.05, 4.69) is 46.7 Å². The number of benzene rings is 1. The van der Waals surface area contributed by atoms with Gasteiger partial charge in [0.2, 0.25) is 10.0 Å². The Hall–Kier alpha value is -1.55. The maximum Gasteiger partial charge on any atom is 0.242 e. The van der Waals surface area contributed by atoms with Crippen molar-refractivity contribution in [1.29, 1.82) is 0 Å². The van der Waals surface area contributed by atoms with Crippen LogP contribution in [0.25, 0.3) is 5.82 Å². The molecule has 0 atom stereocenters. The van der Waals surface area contributed by atoms with Crippen LogP contribution in [0.5, 0.6) is 0 Å². The van der Waals surface area contributed by atoms with Gasteiger partial charge in [-0.3, -0.25) is 0 Å². The van der Waals surface area contributed by atoms with Crippen molar-refractivity contribution in [3.8, 4) is 5.82 Å². The van der Waals surface area contributed by atoms with Crippen LogP contribution in [0.3, 0.4) is 0 Å². The molecule has 3 aromatic rings. The van der Waals surface area contributed by atoms with Crippen LogP contribution in [0.1, 0.15) is 5.56 Å². The minimum absolute atomic E-state index is 0.147. The Morgan fingerprint density at radius 1 is 1.17 bits per heavy atom. The van der Waals surface area contributed by atoms with Gasteiger partial charge in [-0.15, -0.1) is 0 Å². The summed E-state index contributed by atoms with van der Waals surface area (Å²) in [5.74, 6) is 0.668. The highest BCUT2D eigenvalue weighted by atomic mass is 79.9. The standard InChI is InChI=1S/C15H12Br2N4O2S/c16-12-3-4-13(17)14(8-12)24(22,23)20-10-11-2-5-15(18-9-11)21-7-1-6-19-21/h1-9,20H,10H2. The predicted molar refractivity (Wildman–Crippen MR) is 97.2 cm³/mol. The monoisotopic (exact) mass is 470 g/mol. The van der Waals surface area contributed by atoms with Crippen LogP contribution in [-0.4, -0.2) is 23.2 Å². The van der Waals surface area contributed by atoms with Crippen molar-refractivity contribution in [2.24, 2.45) is 0 Å². The molecule has 0 amide bonds. The van der Waals surface area contributed by atoms with Crippen LogP contribution in [-0.2, 0) is 16.6 Å². The lowest BCUT2D eigenvalue weighted by Crippen LogP contribution is -2.23. The van der Waals surface area contributed by atoms with Crippen LogP contribution in [0.2, 0.25) is 0 Å². The third-order valence-corrected chi connectivity index (χ3v) is 6.09. The number of nitrogens with zero attached hydrogens (tertiary/aromatic N) is 3. The van der Waals surface area contributed by atoms with Crippen LogP contribution >= 0.6 is 31.9 Å². The molecule has 0 aliphatic heterocycles. The number of hydrogen-bond acceptors (Lipinski definition) is 4. The maximum absolute atomic E-state index is 12.4. The van der Waals surface area contributed by atoms with Gasteiger partial charge in [0.1, 0.15) is 0 Å². The van der Waals surface area contributed by atoms with Crippen molar-refractivity contribution in [2.45, 2.75) is 11.4 Å². The van der Waals surface area contributed by atoms with Crippen molar-refractivity contribution in [3.05, 3.63) is 69.5 Å². The number of sulfonamides is 1. The molecule has 0 radical (unpaired) electrons. The molecule has 0 bridgehead atoms. The SMILES string of the molecule is O=S(=O)(NCc1ccc(-n2cccn2)nc1)c1cc(Br)ccc1Br. The third-order valence-electron chi connectivity index (χ3n) is 3.20. The van der Waals surface area contributed by atoms with Gasteiger partial charge in [0.25, 0.3) is 0 Å². The summed E-state index contributed by atoms with van der Waals surface area (Å²) in [4.78, 5) is 4.45. The smallest absolute Gasteiger partial charge is 0.237 e. The van der Waals surface area contributed by atoms with Crippen molar-refractivity contribution < 1.29 is 8.42 Å². The molecule has 9 heteroatoms. The first-order valence-corrected chi connectivity index (χ1v) is 9.92. The molecule has 0 fully saturated rings. The summed E-state index contributed by atoms with van der Waals surface area (Å²) in [5.41, 5.74) is 0.751. The summed E-state index contributed by atoms with van der Waals surface area (Å²) in [6.07, 6.45) is 5.07. The first-order chi connectivity index (χ1) is 11.5. The highest BCUT2D eigenvalue weighted by Crippen LogP contribution is 2.25. The normalized spacial score (nSPS) is 11.6. The quantitative estimate of drug-likeness (QED) is 0.619. The summed E-state index contributed by atoms with van der Waals surface area (Å²) in [5, 5.41) is 4.09. The fourth-order valence-electron chi connectivity index (χ4n) is 2.00. The summed E-state index contributed by atoms with van der Waals surface area (Å²) in [6.45, 7) is 0.147. The molecule has 124 valence electrons. The Kier molecular flexibility index (Phi) is 5.14. The topological polar surface area (TPSA) is 76.9 Å². The molecule has 0 aliphatic carbocycles. The maximum atomic E-state index is 12.4. The Morgan fingerprint density at radius 3 is 2.67 bits per heavy atom. The Balaban J connectivity index is 1.74. The molecule has 0 unspecified atom stereocenters. The van der Waals surface area contributed by atoms with Crippen molar-refractivity contribution in [3.63, 3.8) is 0 Å². The Bertz CT molecular complexity index is 942. The first kappa shape index (κ1) is 17.3. The number of aromatic nitrogens is 3. The first-order valence-electron chi connectivity index (χ1n) is 6.85. The van der Waals surface area contributed by atoms with Gasteiger partial charge in [-0.05, 0) is 51.8 Å². The van der Waals surface area contributed by atoms with Crippen molar-refractivity contribution in [1.82, 2.24) is 19.5 Å². The van der Waals surface area contributed by atoms with E-state index < -0.39 is 10.0 Å². The molecule has 0 spiro atoms. The summed E-state index contributed by atoms with van der Waals surface area (Å²) in [6, 6.07) is 10.4. The second-order valence-electron chi connectivity index (χ2n) is 4.87. The van der Waals surface area contributed by atoms with Gasteiger partial charge in [-0.1, -0.05) is 22.0 Å². The van der Waals surface area contributed by atoms with E-state index in [4.69, 9.17) is 0 Å². The molecular weight excluding hydrogens is 460 g/mol. The van der Waals surface area contributed by atoms with Gasteiger partial charge in [0, 0.05) is 34.1 Å².